The van der Waals surface area contributed by atoms with Crippen LogP contribution >= 0.6 is 0 Å². The summed E-state index contributed by atoms with van der Waals surface area (Å²) >= 11 is 0. The van der Waals surface area contributed by atoms with E-state index < -0.39 is 68.3 Å². The van der Waals surface area contributed by atoms with E-state index in [-0.39, 0.29) is 30.6 Å². The van der Waals surface area contributed by atoms with Crippen LogP contribution in [-0.2, 0) is 34.0 Å². The van der Waals surface area contributed by atoms with E-state index in [4.69, 9.17) is 5.73 Å². The first-order valence-electron chi connectivity index (χ1n) is 16.3. The first-order valence-corrected chi connectivity index (χ1v) is 18.0. The lowest BCUT2D eigenvalue weighted by Crippen LogP contribution is -2.55. The smallest absolute Gasteiger partial charge is 0.252 e. The third-order valence-electron chi connectivity index (χ3n) is 8.20. The Morgan fingerprint density at radius 2 is 1.48 bits per heavy atom. The Labute approximate surface area is 281 Å². The van der Waals surface area contributed by atoms with E-state index in [1.165, 1.54) is 17.0 Å². The molecule has 0 fully saturated rings. The van der Waals surface area contributed by atoms with E-state index >= 15 is 0 Å². The number of rotatable bonds is 18. The Hall–Kier alpha value is -3.74. The molecule has 3 rings (SSSR count). The molecular weight excluding hydrogens is 643 g/mol. The molecule has 3 aromatic rings. The Morgan fingerprint density at radius 3 is 2.08 bits per heavy atom. The van der Waals surface area contributed by atoms with Crippen LogP contribution in [0.25, 0.3) is 0 Å². The predicted octanol–water partition coefficient (Wildman–Crippen LogP) is 5.11. The van der Waals surface area contributed by atoms with Gasteiger partial charge in [-0.2, -0.15) is 0 Å². The first-order chi connectivity index (χ1) is 22.8. The number of aliphatic hydroxyl groups excluding tert-OH is 1. The number of sulfone groups is 1. The molecule has 0 spiro atoms. The van der Waals surface area contributed by atoms with Crippen LogP contribution in [0.3, 0.4) is 0 Å². The number of aliphatic hydroxyl groups is 1. The van der Waals surface area contributed by atoms with E-state index in [0.717, 1.165) is 29.8 Å². The average Bonchev–Trinajstić information content (AvgIpc) is 3.03. The summed E-state index contributed by atoms with van der Waals surface area (Å²) in [7, 11) is -3.93. The molecule has 0 bridgehead atoms. The minimum atomic E-state index is -3.93. The van der Waals surface area contributed by atoms with Crippen molar-refractivity contribution in [2.75, 3.05) is 12.3 Å². The third kappa shape index (κ3) is 11.5. The first kappa shape index (κ1) is 38.7. The van der Waals surface area contributed by atoms with Crippen molar-refractivity contribution in [3.8, 4) is 0 Å². The highest BCUT2D eigenvalue weighted by atomic mass is 32.2. The summed E-state index contributed by atoms with van der Waals surface area (Å²) in [6.07, 6.45) is 1.12. The molecule has 0 saturated heterocycles. The number of nitrogens with zero attached hydrogens (tertiary/aromatic N) is 1. The van der Waals surface area contributed by atoms with E-state index in [1.807, 2.05) is 39.0 Å². The van der Waals surface area contributed by atoms with Gasteiger partial charge in [0.1, 0.15) is 23.5 Å². The molecule has 0 aliphatic carbocycles. The van der Waals surface area contributed by atoms with Crippen LogP contribution in [-0.4, -0.2) is 66.0 Å². The maximum Gasteiger partial charge on any atom is 0.252 e. The van der Waals surface area contributed by atoms with Crippen molar-refractivity contribution in [3.63, 3.8) is 0 Å². The molecular formula is C36H46F3N3O5S. The fraction of sp³-hybridized carbons (Fsp3) is 0.444. The minimum absolute atomic E-state index is 0.0647. The fourth-order valence-corrected chi connectivity index (χ4v) is 7.83. The van der Waals surface area contributed by atoms with Gasteiger partial charge in [0.25, 0.3) is 5.91 Å². The van der Waals surface area contributed by atoms with E-state index in [0.29, 0.717) is 43.7 Å². The van der Waals surface area contributed by atoms with Gasteiger partial charge < -0.3 is 21.1 Å². The third-order valence-corrected chi connectivity index (χ3v) is 10.5. The molecule has 2 amide bonds. The van der Waals surface area contributed by atoms with Crippen molar-refractivity contribution < 1.29 is 36.3 Å². The van der Waals surface area contributed by atoms with Crippen molar-refractivity contribution in [2.24, 2.45) is 5.73 Å². The van der Waals surface area contributed by atoms with Crippen LogP contribution in [0.5, 0.6) is 0 Å². The lowest BCUT2D eigenvalue weighted by atomic mass is 10.0. The fourth-order valence-electron chi connectivity index (χ4n) is 5.68. The zero-order valence-corrected chi connectivity index (χ0v) is 28.5. The summed E-state index contributed by atoms with van der Waals surface area (Å²) < 4.78 is 69.1. The Morgan fingerprint density at radius 1 is 0.854 bits per heavy atom. The second-order valence-electron chi connectivity index (χ2n) is 12.2. The second kappa shape index (κ2) is 18.1. The van der Waals surface area contributed by atoms with Crippen molar-refractivity contribution in [1.82, 2.24) is 10.2 Å². The normalized spacial score (nSPS) is 13.6. The minimum Gasteiger partial charge on any atom is -0.390 e. The highest BCUT2D eigenvalue weighted by Gasteiger charge is 2.36. The SMILES string of the molecule is CCCC(CCC)S(=O)(=O)C[C@@H](NC(=O)c1cccc(F)c1)C(=O)N(Cc1cccc(CC)c1)C[C@@H](O)[C@@H](N)Cc1cc(F)cc(F)c1. The number of carbonyl (C=O) groups excluding carboxylic acids is 2. The van der Waals surface area contributed by atoms with Gasteiger partial charge in [0.2, 0.25) is 5.91 Å². The molecule has 4 N–H and O–H groups in total. The average molecular weight is 690 g/mol. The molecule has 3 atom stereocenters. The maximum atomic E-state index is 14.4. The van der Waals surface area contributed by atoms with Gasteiger partial charge in [-0.05, 0) is 72.7 Å². The Kier molecular flexibility index (Phi) is 14.6. The molecule has 0 radical (unpaired) electrons. The summed E-state index contributed by atoms with van der Waals surface area (Å²) in [6.45, 7) is 5.24. The van der Waals surface area contributed by atoms with Gasteiger partial charge in [-0.25, -0.2) is 21.6 Å². The van der Waals surface area contributed by atoms with Gasteiger partial charge in [-0.1, -0.05) is 63.9 Å². The molecule has 0 aromatic heterocycles. The summed E-state index contributed by atoms with van der Waals surface area (Å²) in [6, 6.07) is 12.4. The number of hydrogen-bond acceptors (Lipinski definition) is 6. The molecule has 48 heavy (non-hydrogen) atoms. The van der Waals surface area contributed by atoms with Crippen LogP contribution in [0.1, 0.15) is 73.5 Å². The molecule has 0 unspecified atom stereocenters. The Balaban J connectivity index is 2.00. The monoisotopic (exact) mass is 689 g/mol. The summed E-state index contributed by atoms with van der Waals surface area (Å²) in [5.41, 5.74) is 8.02. The van der Waals surface area contributed by atoms with Crippen LogP contribution in [0.2, 0.25) is 0 Å². The van der Waals surface area contributed by atoms with E-state index in [9.17, 15) is 36.3 Å². The number of nitrogens with two attached hydrogens (primary N) is 1. The van der Waals surface area contributed by atoms with E-state index in [2.05, 4.69) is 5.32 Å². The quantitative estimate of drug-likeness (QED) is 0.170. The number of aryl methyl sites for hydroxylation is 1. The number of amides is 2. The standard InChI is InChI=1S/C36H46F3N3O5S/c1-4-9-31(10-5-2)48(46,47)23-33(41-35(44)27-13-8-14-28(37)19-27)36(45)42(21-25-12-7-11-24(6-3)15-25)22-34(43)32(40)18-26-16-29(38)20-30(39)17-26/h7-8,11-17,19-20,31-34,43H,4-6,9-10,18,21-23,40H2,1-3H3,(H,41,44)/t32-,33+,34+/m0/s1. The molecule has 0 aliphatic heterocycles. The van der Waals surface area contributed by atoms with Crippen LogP contribution in [0, 0.1) is 17.5 Å². The zero-order chi connectivity index (χ0) is 35.4. The van der Waals surface area contributed by atoms with Gasteiger partial charge >= 0.3 is 0 Å². The number of carbonyl (C=O) groups is 2. The lowest BCUT2D eigenvalue weighted by molar-refractivity contribution is -0.135. The van der Waals surface area contributed by atoms with Crippen molar-refractivity contribution in [2.45, 2.75) is 89.3 Å². The van der Waals surface area contributed by atoms with Crippen molar-refractivity contribution >= 4 is 21.7 Å². The van der Waals surface area contributed by atoms with Crippen LogP contribution in [0.4, 0.5) is 13.2 Å². The molecule has 0 heterocycles. The highest BCUT2D eigenvalue weighted by Crippen LogP contribution is 2.20. The molecule has 8 nitrogen and oxygen atoms in total. The van der Waals surface area contributed by atoms with Gasteiger partial charge in [-0.3, -0.25) is 9.59 Å². The van der Waals surface area contributed by atoms with Crippen molar-refractivity contribution in [3.05, 3.63) is 106 Å². The van der Waals surface area contributed by atoms with Crippen molar-refractivity contribution in [1.29, 1.82) is 0 Å². The predicted molar refractivity (Wildman–Crippen MR) is 180 cm³/mol. The van der Waals surface area contributed by atoms with Gasteiger partial charge in [0.05, 0.1) is 17.1 Å². The van der Waals surface area contributed by atoms with Crippen LogP contribution < -0.4 is 11.1 Å². The molecule has 12 heteroatoms. The van der Waals surface area contributed by atoms with Gasteiger partial charge in [-0.15, -0.1) is 0 Å². The number of nitrogens with one attached hydrogen (secondary N) is 1. The molecule has 0 saturated carbocycles. The zero-order valence-electron chi connectivity index (χ0n) is 27.7. The topological polar surface area (TPSA) is 130 Å². The second-order valence-corrected chi connectivity index (χ2v) is 14.5. The maximum absolute atomic E-state index is 14.4. The number of halogens is 3. The largest absolute Gasteiger partial charge is 0.390 e. The van der Waals surface area contributed by atoms with Gasteiger partial charge in [0.15, 0.2) is 9.84 Å². The van der Waals surface area contributed by atoms with Crippen LogP contribution in [0.15, 0.2) is 66.7 Å². The molecule has 0 aliphatic rings. The van der Waals surface area contributed by atoms with Gasteiger partial charge in [0, 0.05) is 30.8 Å². The number of hydrogen-bond donors (Lipinski definition) is 3. The van der Waals surface area contributed by atoms with E-state index in [1.54, 1.807) is 6.07 Å². The molecule has 262 valence electrons. The lowest BCUT2D eigenvalue weighted by Gasteiger charge is -2.32. The highest BCUT2D eigenvalue weighted by molar-refractivity contribution is 7.92. The summed E-state index contributed by atoms with van der Waals surface area (Å²) in [5.74, 6) is -4.64. The Bertz CT molecular complexity index is 1610. The number of benzene rings is 3. The summed E-state index contributed by atoms with van der Waals surface area (Å²) in [4.78, 5) is 28.9. The summed E-state index contributed by atoms with van der Waals surface area (Å²) in [5, 5.41) is 13.0. The molecule has 3 aromatic carbocycles.